The average Bonchev–Trinajstić information content (AvgIpc) is 3.27. The van der Waals surface area contributed by atoms with Crippen molar-refractivity contribution in [2.75, 3.05) is 19.0 Å². The van der Waals surface area contributed by atoms with E-state index in [0.29, 0.717) is 16.6 Å². The number of benzene rings is 2. The van der Waals surface area contributed by atoms with Gasteiger partial charge in [0, 0.05) is 28.8 Å². The summed E-state index contributed by atoms with van der Waals surface area (Å²) in [7, 11) is 1.43. The largest absolute Gasteiger partial charge is 0.493 e. The number of fused-ring (bicyclic) bond motifs is 1. The molecule has 174 valence electrons. The number of nitrogens with one attached hydrogen (secondary N) is 1. The summed E-state index contributed by atoms with van der Waals surface area (Å²) in [6.07, 6.45) is 0.953. The number of carbonyl (C=O) groups is 2. The number of amides is 1. The van der Waals surface area contributed by atoms with E-state index in [1.807, 2.05) is 30.3 Å². The zero-order valence-corrected chi connectivity index (χ0v) is 18.4. The van der Waals surface area contributed by atoms with Crippen molar-refractivity contribution in [3.8, 4) is 11.4 Å². The predicted octanol–water partition coefficient (Wildman–Crippen LogP) is 3.91. The molecule has 4 rings (SSSR count). The van der Waals surface area contributed by atoms with Crippen LogP contribution in [0.5, 0.6) is 5.75 Å². The molecule has 0 unspecified atom stereocenters. The molecule has 0 bridgehead atoms. The van der Waals surface area contributed by atoms with Crippen LogP contribution in [0.3, 0.4) is 0 Å². The molecular weight excluding hydrogens is 442 g/mol. The molecule has 0 aliphatic heterocycles. The summed E-state index contributed by atoms with van der Waals surface area (Å²) in [6, 6.07) is 15.2. The first-order chi connectivity index (χ1) is 16.5. The molecule has 2 aromatic heterocycles. The minimum absolute atomic E-state index is 0.000419. The van der Waals surface area contributed by atoms with Crippen molar-refractivity contribution in [1.29, 1.82) is 0 Å². The van der Waals surface area contributed by atoms with E-state index < -0.39 is 17.7 Å². The Balaban J connectivity index is 1.55. The van der Waals surface area contributed by atoms with Gasteiger partial charge >= 0.3 is 17.7 Å². The lowest BCUT2D eigenvalue weighted by Crippen LogP contribution is -2.13. The van der Waals surface area contributed by atoms with Crippen molar-refractivity contribution in [3.63, 3.8) is 0 Å². The maximum atomic E-state index is 12.8. The number of ether oxygens (including phenoxy) is 3. The van der Waals surface area contributed by atoms with E-state index >= 15 is 0 Å². The van der Waals surface area contributed by atoms with Crippen LogP contribution in [-0.4, -0.2) is 35.6 Å². The fourth-order valence-electron chi connectivity index (χ4n) is 3.29. The zero-order valence-electron chi connectivity index (χ0n) is 18.4. The first kappa shape index (κ1) is 22.6. The quantitative estimate of drug-likeness (QED) is 0.323. The number of rotatable bonds is 7. The van der Waals surface area contributed by atoms with Crippen molar-refractivity contribution < 1.29 is 28.2 Å². The number of carbonyl (C=O) groups excluding carboxylic acids is 2. The van der Waals surface area contributed by atoms with E-state index in [0.717, 1.165) is 5.69 Å². The average molecular weight is 463 g/mol. The van der Waals surface area contributed by atoms with Crippen LogP contribution in [-0.2, 0) is 16.1 Å². The summed E-state index contributed by atoms with van der Waals surface area (Å²) in [5.41, 5.74) is 1.16. The van der Waals surface area contributed by atoms with E-state index in [1.165, 1.54) is 23.9 Å². The first-order valence-electron chi connectivity index (χ1n) is 10.3. The Kier molecular flexibility index (Phi) is 6.58. The van der Waals surface area contributed by atoms with E-state index in [9.17, 15) is 14.4 Å². The lowest BCUT2D eigenvalue weighted by molar-refractivity contribution is 0.0462. The van der Waals surface area contributed by atoms with Gasteiger partial charge in [0.15, 0.2) is 5.75 Å². The maximum Gasteiger partial charge on any atom is 0.411 e. The number of esters is 1. The number of nitrogens with zero attached hydrogens (tertiary/aromatic N) is 2. The third-order valence-corrected chi connectivity index (χ3v) is 4.83. The van der Waals surface area contributed by atoms with Crippen LogP contribution in [0, 0.1) is 0 Å². The number of hydrogen-bond acceptors (Lipinski definition) is 8. The molecule has 10 nitrogen and oxygen atoms in total. The minimum Gasteiger partial charge on any atom is -0.493 e. The number of anilines is 1. The highest BCUT2D eigenvalue weighted by molar-refractivity contribution is 5.91. The second-order valence-electron chi connectivity index (χ2n) is 7.05. The van der Waals surface area contributed by atoms with Crippen LogP contribution in [0.1, 0.15) is 23.0 Å². The molecule has 4 aromatic rings. The molecule has 0 radical (unpaired) electrons. The first-order valence-corrected chi connectivity index (χ1v) is 10.3. The topological polar surface area (TPSA) is 122 Å². The van der Waals surface area contributed by atoms with Gasteiger partial charge in [-0.3, -0.25) is 5.32 Å². The van der Waals surface area contributed by atoms with Gasteiger partial charge in [-0.25, -0.2) is 19.1 Å². The molecule has 0 atom stereocenters. The molecule has 0 fully saturated rings. The second-order valence-corrected chi connectivity index (χ2v) is 7.05. The normalized spacial score (nSPS) is 10.6. The molecule has 0 spiro atoms. The molecule has 1 amide bonds. The third-order valence-electron chi connectivity index (χ3n) is 4.83. The number of aromatic nitrogens is 2. The molecular formula is C24H21N3O7. The predicted molar refractivity (Wildman–Crippen MR) is 122 cm³/mol. The van der Waals surface area contributed by atoms with Crippen LogP contribution in [0.4, 0.5) is 10.5 Å². The van der Waals surface area contributed by atoms with E-state index in [4.69, 9.17) is 18.6 Å². The molecule has 34 heavy (non-hydrogen) atoms. The van der Waals surface area contributed by atoms with Gasteiger partial charge in [0.1, 0.15) is 12.2 Å². The van der Waals surface area contributed by atoms with Crippen molar-refractivity contribution in [2.45, 2.75) is 13.5 Å². The van der Waals surface area contributed by atoms with Gasteiger partial charge in [-0.2, -0.15) is 5.10 Å². The summed E-state index contributed by atoms with van der Waals surface area (Å²) in [5.74, 6) is -0.463. The second kappa shape index (κ2) is 9.90. The fraction of sp³-hybridized carbons (Fsp3) is 0.167. The van der Waals surface area contributed by atoms with Crippen LogP contribution >= 0.6 is 0 Å². The highest BCUT2D eigenvalue weighted by Crippen LogP contribution is 2.24. The minimum atomic E-state index is -0.714. The molecule has 0 saturated carbocycles. The van der Waals surface area contributed by atoms with Gasteiger partial charge in [0.25, 0.3) is 0 Å². The van der Waals surface area contributed by atoms with E-state index in [1.54, 1.807) is 25.3 Å². The highest BCUT2D eigenvalue weighted by atomic mass is 16.5. The Morgan fingerprint density at radius 1 is 1.09 bits per heavy atom. The Labute approximate surface area is 193 Å². The Morgan fingerprint density at radius 2 is 1.88 bits per heavy atom. The van der Waals surface area contributed by atoms with Gasteiger partial charge in [0.05, 0.1) is 25.6 Å². The monoisotopic (exact) mass is 463 g/mol. The summed E-state index contributed by atoms with van der Waals surface area (Å²) in [4.78, 5) is 36.5. The molecule has 0 saturated heterocycles. The van der Waals surface area contributed by atoms with Crippen molar-refractivity contribution in [1.82, 2.24) is 9.78 Å². The number of hydrogen-bond donors (Lipinski definition) is 1. The van der Waals surface area contributed by atoms with E-state index in [-0.39, 0.29) is 30.2 Å². The van der Waals surface area contributed by atoms with Crippen LogP contribution in [0.2, 0.25) is 0 Å². The van der Waals surface area contributed by atoms with Crippen molar-refractivity contribution >= 4 is 28.7 Å². The van der Waals surface area contributed by atoms with Gasteiger partial charge in [-0.1, -0.05) is 18.2 Å². The molecule has 0 aliphatic rings. The number of para-hydroxylation sites is 1. The summed E-state index contributed by atoms with van der Waals surface area (Å²) in [5, 5.41) is 7.37. The van der Waals surface area contributed by atoms with Crippen LogP contribution in [0.25, 0.3) is 16.7 Å². The molecule has 2 aromatic carbocycles. The maximum absolute atomic E-state index is 12.8. The van der Waals surface area contributed by atoms with Gasteiger partial charge < -0.3 is 18.6 Å². The lowest BCUT2D eigenvalue weighted by Gasteiger charge is -2.09. The molecule has 10 heteroatoms. The SMILES string of the molecule is CCOC(=O)Nc1ccc2c(COC(=O)c3nn(-c4ccccc4)cc3OC)cc(=O)oc2c1. The molecule has 2 heterocycles. The Hall–Kier alpha value is -4.60. The lowest BCUT2D eigenvalue weighted by atomic mass is 10.1. The molecule has 1 N–H and O–H groups in total. The Bertz CT molecular complexity index is 1390. The van der Waals surface area contributed by atoms with Gasteiger partial charge in [0.2, 0.25) is 5.69 Å². The summed E-state index contributed by atoms with van der Waals surface area (Å²) in [6.45, 7) is 1.71. The standard InChI is InChI=1S/C24H21N3O7/c1-3-32-24(30)25-16-9-10-18-15(11-21(28)34-19(18)12-16)14-33-23(29)22-20(31-2)13-27(26-22)17-7-5-4-6-8-17/h4-13H,3,14H2,1-2H3,(H,25,30). The highest BCUT2D eigenvalue weighted by Gasteiger charge is 2.21. The third kappa shape index (κ3) is 4.90. The summed E-state index contributed by atoms with van der Waals surface area (Å²) >= 11 is 0. The van der Waals surface area contributed by atoms with Gasteiger partial charge in [-0.15, -0.1) is 0 Å². The Morgan fingerprint density at radius 3 is 2.62 bits per heavy atom. The van der Waals surface area contributed by atoms with Crippen molar-refractivity contribution in [2.24, 2.45) is 0 Å². The van der Waals surface area contributed by atoms with Gasteiger partial charge in [-0.05, 0) is 31.2 Å². The zero-order chi connectivity index (χ0) is 24.1. The fourth-order valence-corrected chi connectivity index (χ4v) is 3.29. The molecule has 0 aliphatic carbocycles. The van der Waals surface area contributed by atoms with Crippen LogP contribution < -0.4 is 15.7 Å². The van der Waals surface area contributed by atoms with Crippen molar-refractivity contribution in [3.05, 3.63) is 82.5 Å². The van der Waals surface area contributed by atoms with Crippen LogP contribution in [0.15, 0.2) is 70.0 Å². The smallest absolute Gasteiger partial charge is 0.411 e. The number of methoxy groups -OCH3 is 1. The summed E-state index contributed by atoms with van der Waals surface area (Å²) < 4.78 is 22.3. The van der Waals surface area contributed by atoms with E-state index in [2.05, 4.69) is 10.4 Å².